The lowest BCUT2D eigenvalue weighted by Crippen LogP contribution is -2.33. The van der Waals surface area contributed by atoms with Crippen LogP contribution in [-0.2, 0) is 18.4 Å². The Morgan fingerprint density at radius 3 is 2.80 bits per heavy atom. The van der Waals surface area contributed by atoms with Crippen molar-refractivity contribution in [1.82, 2.24) is 15.1 Å². The van der Waals surface area contributed by atoms with Gasteiger partial charge in [0.05, 0.1) is 11.0 Å². The highest BCUT2D eigenvalue weighted by atomic mass is 79.9. The number of carbonyl (C=O) groups is 1. The molecule has 0 aliphatic carbocycles. The fourth-order valence-electron chi connectivity index (χ4n) is 1.15. The summed E-state index contributed by atoms with van der Waals surface area (Å²) >= 11 is 3.35. The van der Waals surface area contributed by atoms with Gasteiger partial charge in [-0.2, -0.15) is 5.10 Å². The Bertz CT molecular complexity index is 335. The van der Waals surface area contributed by atoms with Crippen molar-refractivity contribution in [2.24, 2.45) is 13.0 Å². The van der Waals surface area contributed by atoms with Crippen LogP contribution in [0, 0.1) is 5.92 Å². The summed E-state index contributed by atoms with van der Waals surface area (Å²) in [6, 6.07) is 0. The SMILES string of the molecule is CC(C)C(Br)C(=O)NCc1cnn(C)c1. The number of aromatic nitrogens is 2. The van der Waals surface area contributed by atoms with E-state index in [9.17, 15) is 4.79 Å². The van der Waals surface area contributed by atoms with Crippen molar-refractivity contribution >= 4 is 21.8 Å². The van der Waals surface area contributed by atoms with E-state index < -0.39 is 0 Å². The molecule has 5 heteroatoms. The first-order valence-electron chi connectivity index (χ1n) is 4.90. The number of rotatable bonds is 4. The summed E-state index contributed by atoms with van der Waals surface area (Å²) < 4.78 is 1.72. The standard InChI is InChI=1S/C10H16BrN3O/c1-7(2)9(11)10(15)12-4-8-5-13-14(3)6-8/h5-7,9H,4H2,1-3H3,(H,12,15). The third-order valence-corrected chi connectivity index (χ3v) is 3.53. The number of alkyl halides is 1. The van der Waals surface area contributed by atoms with Gasteiger partial charge in [-0.1, -0.05) is 29.8 Å². The van der Waals surface area contributed by atoms with Gasteiger partial charge in [0.25, 0.3) is 0 Å². The molecular formula is C10H16BrN3O. The second-order valence-electron chi connectivity index (χ2n) is 3.89. The maximum absolute atomic E-state index is 11.6. The van der Waals surface area contributed by atoms with E-state index >= 15 is 0 Å². The summed E-state index contributed by atoms with van der Waals surface area (Å²) in [6.45, 7) is 4.54. The number of hydrogen-bond acceptors (Lipinski definition) is 2. The first-order chi connectivity index (χ1) is 7.00. The maximum atomic E-state index is 11.6. The number of nitrogens with zero attached hydrogens (tertiary/aromatic N) is 2. The minimum Gasteiger partial charge on any atom is -0.351 e. The molecule has 0 fully saturated rings. The largest absolute Gasteiger partial charge is 0.351 e. The van der Waals surface area contributed by atoms with Crippen molar-refractivity contribution in [1.29, 1.82) is 0 Å². The molecule has 0 spiro atoms. The lowest BCUT2D eigenvalue weighted by molar-refractivity contribution is -0.121. The molecule has 4 nitrogen and oxygen atoms in total. The Balaban J connectivity index is 2.40. The zero-order chi connectivity index (χ0) is 11.4. The third-order valence-electron chi connectivity index (χ3n) is 2.06. The molecule has 1 aromatic rings. The van der Waals surface area contributed by atoms with Gasteiger partial charge in [-0.25, -0.2) is 0 Å². The van der Waals surface area contributed by atoms with E-state index in [1.165, 1.54) is 0 Å². The molecule has 0 radical (unpaired) electrons. The molecule has 0 aliphatic heterocycles. The molecule has 1 amide bonds. The van der Waals surface area contributed by atoms with Gasteiger partial charge in [-0.3, -0.25) is 9.48 Å². The van der Waals surface area contributed by atoms with Crippen molar-refractivity contribution < 1.29 is 4.79 Å². The second-order valence-corrected chi connectivity index (χ2v) is 4.87. The number of nitrogens with one attached hydrogen (secondary N) is 1. The number of aryl methyl sites for hydroxylation is 1. The van der Waals surface area contributed by atoms with Gasteiger partial charge >= 0.3 is 0 Å². The molecule has 1 aromatic heterocycles. The van der Waals surface area contributed by atoms with E-state index in [1.54, 1.807) is 10.9 Å². The first kappa shape index (κ1) is 12.2. The lowest BCUT2D eigenvalue weighted by atomic mass is 10.1. The highest BCUT2D eigenvalue weighted by Gasteiger charge is 2.17. The molecule has 1 N–H and O–H groups in total. The summed E-state index contributed by atoms with van der Waals surface area (Å²) in [6.07, 6.45) is 3.64. The van der Waals surface area contributed by atoms with Crippen LogP contribution in [0.15, 0.2) is 12.4 Å². The van der Waals surface area contributed by atoms with Crippen LogP contribution in [0.5, 0.6) is 0 Å². The highest BCUT2D eigenvalue weighted by molar-refractivity contribution is 9.10. The van der Waals surface area contributed by atoms with Crippen LogP contribution in [0.4, 0.5) is 0 Å². The zero-order valence-electron chi connectivity index (χ0n) is 9.20. The Labute approximate surface area is 98.2 Å². The van der Waals surface area contributed by atoms with Crippen LogP contribution in [-0.4, -0.2) is 20.5 Å². The third kappa shape index (κ3) is 3.66. The molecule has 0 aromatic carbocycles. The van der Waals surface area contributed by atoms with E-state index in [0.717, 1.165) is 5.56 Å². The van der Waals surface area contributed by atoms with Crippen molar-refractivity contribution in [3.63, 3.8) is 0 Å². The van der Waals surface area contributed by atoms with Gasteiger partial charge in [-0.05, 0) is 5.92 Å². The van der Waals surface area contributed by atoms with Crippen LogP contribution in [0.3, 0.4) is 0 Å². The molecular weight excluding hydrogens is 258 g/mol. The van der Waals surface area contributed by atoms with Gasteiger partial charge in [0.1, 0.15) is 0 Å². The van der Waals surface area contributed by atoms with Gasteiger partial charge in [0, 0.05) is 25.4 Å². The monoisotopic (exact) mass is 273 g/mol. The Morgan fingerprint density at radius 1 is 1.67 bits per heavy atom. The topological polar surface area (TPSA) is 46.9 Å². The van der Waals surface area contributed by atoms with E-state index in [4.69, 9.17) is 0 Å². The Kier molecular flexibility index (Phi) is 4.32. The number of halogens is 1. The summed E-state index contributed by atoms with van der Waals surface area (Å²) in [5, 5.41) is 6.88. The molecule has 1 heterocycles. The maximum Gasteiger partial charge on any atom is 0.234 e. The molecule has 1 rings (SSSR count). The molecule has 0 aliphatic rings. The van der Waals surface area contributed by atoms with Gasteiger partial charge in [0.2, 0.25) is 5.91 Å². The lowest BCUT2D eigenvalue weighted by Gasteiger charge is -2.12. The minimum absolute atomic E-state index is 0.0221. The zero-order valence-corrected chi connectivity index (χ0v) is 10.8. The summed E-state index contributed by atoms with van der Waals surface area (Å²) in [5.41, 5.74) is 1.01. The van der Waals surface area contributed by atoms with Crippen molar-refractivity contribution in [3.05, 3.63) is 18.0 Å². The summed E-state index contributed by atoms with van der Waals surface area (Å²) in [5.74, 6) is 0.313. The van der Waals surface area contributed by atoms with Crippen molar-refractivity contribution in [3.8, 4) is 0 Å². The average Bonchev–Trinajstić information content (AvgIpc) is 2.59. The number of hydrogen-bond donors (Lipinski definition) is 1. The number of amides is 1. The van der Waals surface area contributed by atoms with Crippen LogP contribution in [0.25, 0.3) is 0 Å². The fourth-order valence-corrected chi connectivity index (χ4v) is 1.31. The quantitative estimate of drug-likeness (QED) is 0.845. The Hall–Kier alpha value is -0.840. The Morgan fingerprint density at radius 2 is 2.33 bits per heavy atom. The summed E-state index contributed by atoms with van der Waals surface area (Å²) in [4.78, 5) is 11.4. The van der Waals surface area contributed by atoms with Crippen LogP contribution in [0.1, 0.15) is 19.4 Å². The van der Waals surface area contributed by atoms with Gasteiger partial charge < -0.3 is 5.32 Å². The summed E-state index contributed by atoms with van der Waals surface area (Å²) in [7, 11) is 1.85. The molecule has 15 heavy (non-hydrogen) atoms. The smallest absolute Gasteiger partial charge is 0.234 e. The highest BCUT2D eigenvalue weighted by Crippen LogP contribution is 2.11. The minimum atomic E-state index is -0.130. The van der Waals surface area contributed by atoms with Crippen LogP contribution < -0.4 is 5.32 Å². The predicted molar refractivity (Wildman–Crippen MR) is 62.6 cm³/mol. The molecule has 0 saturated heterocycles. The van der Waals surface area contributed by atoms with E-state index in [0.29, 0.717) is 12.5 Å². The molecule has 0 saturated carbocycles. The van der Waals surface area contributed by atoms with E-state index in [2.05, 4.69) is 26.3 Å². The molecule has 1 unspecified atom stereocenters. The van der Waals surface area contributed by atoms with Gasteiger partial charge in [-0.15, -0.1) is 0 Å². The van der Waals surface area contributed by atoms with Crippen molar-refractivity contribution in [2.75, 3.05) is 0 Å². The van der Waals surface area contributed by atoms with E-state index in [1.807, 2.05) is 27.1 Å². The normalized spacial score (nSPS) is 12.9. The van der Waals surface area contributed by atoms with Gasteiger partial charge in [0.15, 0.2) is 0 Å². The fraction of sp³-hybridized carbons (Fsp3) is 0.600. The molecule has 84 valence electrons. The van der Waals surface area contributed by atoms with Crippen LogP contribution in [0.2, 0.25) is 0 Å². The van der Waals surface area contributed by atoms with E-state index in [-0.39, 0.29) is 10.7 Å². The average molecular weight is 274 g/mol. The first-order valence-corrected chi connectivity index (χ1v) is 5.81. The molecule has 0 bridgehead atoms. The second kappa shape index (κ2) is 5.30. The molecule has 1 atom stereocenters. The predicted octanol–water partition coefficient (Wildman–Crippen LogP) is 1.46. The number of carbonyl (C=O) groups excluding carboxylic acids is 1. The van der Waals surface area contributed by atoms with Crippen molar-refractivity contribution in [2.45, 2.75) is 25.2 Å². The van der Waals surface area contributed by atoms with Crippen LogP contribution >= 0.6 is 15.9 Å².